The molecule has 0 unspecified atom stereocenters. The van der Waals surface area contributed by atoms with Gasteiger partial charge in [0.1, 0.15) is 0 Å². The van der Waals surface area contributed by atoms with E-state index < -0.39 is 0 Å². The van der Waals surface area contributed by atoms with E-state index in [1.807, 2.05) is 50.3 Å². The lowest BCUT2D eigenvalue weighted by Gasteiger charge is -2.62. The quantitative estimate of drug-likeness (QED) is 0.593. The van der Waals surface area contributed by atoms with Gasteiger partial charge in [0.05, 0.1) is 0 Å². The fraction of sp³-hybridized carbons (Fsp3) is 0.619. The summed E-state index contributed by atoms with van der Waals surface area (Å²) in [6, 6.07) is 7.75. The number of amides is 1. The van der Waals surface area contributed by atoms with Crippen LogP contribution in [0.3, 0.4) is 0 Å². The molecule has 150 valence electrons. The lowest BCUT2D eigenvalue weighted by Crippen LogP contribution is -2.72. The molecule has 6 heteroatoms. The van der Waals surface area contributed by atoms with Gasteiger partial charge < -0.3 is 20.4 Å². The monoisotopic (exact) mass is 373 g/mol. The molecule has 1 amide bonds. The average Bonchev–Trinajstić information content (AvgIpc) is 2.61. The lowest BCUT2D eigenvalue weighted by atomic mass is 9.65. The Morgan fingerprint density at radius 2 is 1.93 bits per heavy atom. The maximum atomic E-state index is 12.3. The van der Waals surface area contributed by atoms with Crippen LogP contribution in [0.5, 0.6) is 0 Å². The van der Waals surface area contributed by atoms with E-state index in [1.165, 1.54) is 0 Å². The Labute approximate surface area is 164 Å². The Bertz CT molecular complexity index is 694. The molecule has 2 N–H and O–H groups in total. The van der Waals surface area contributed by atoms with Gasteiger partial charge >= 0.3 is 0 Å². The summed E-state index contributed by atoms with van der Waals surface area (Å²) >= 11 is 0. The minimum atomic E-state index is -0.0336. The Morgan fingerprint density at radius 3 is 2.48 bits per heavy atom. The predicted octanol–water partition coefficient (Wildman–Crippen LogP) is 2.17. The highest BCUT2D eigenvalue weighted by Gasteiger charge is 2.53. The van der Waals surface area contributed by atoms with E-state index in [1.54, 1.807) is 0 Å². The summed E-state index contributed by atoms with van der Waals surface area (Å²) in [5.74, 6) is 0.869. The summed E-state index contributed by atoms with van der Waals surface area (Å²) in [7, 11) is 5.80. The van der Waals surface area contributed by atoms with Gasteiger partial charge in [-0.1, -0.05) is 26.0 Å². The first-order valence-corrected chi connectivity index (χ1v) is 9.58. The van der Waals surface area contributed by atoms with Gasteiger partial charge in [-0.2, -0.15) is 0 Å². The number of guanidine groups is 1. The molecule has 0 spiro atoms. The minimum absolute atomic E-state index is 0.0336. The van der Waals surface area contributed by atoms with Crippen molar-refractivity contribution in [2.75, 3.05) is 40.8 Å². The fourth-order valence-electron chi connectivity index (χ4n) is 3.19. The highest BCUT2D eigenvalue weighted by Crippen LogP contribution is 2.46. The van der Waals surface area contributed by atoms with Crippen LogP contribution >= 0.6 is 0 Å². The van der Waals surface area contributed by atoms with Crippen LogP contribution in [0.4, 0.5) is 0 Å². The average molecular weight is 374 g/mol. The first-order chi connectivity index (χ1) is 12.6. The lowest BCUT2D eigenvalue weighted by molar-refractivity contribution is -0.0667. The predicted molar refractivity (Wildman–Crippen MR) is 112 cm³/mol. The van der Waals surface area contributed by atoms with Crippen LogP contribution in [0.25, 0.3) is 0 Å². The normalized spacial score (nSPS) is 18.2. The van der Waals surface area contributed by atoms with Crippen molar-refractivity contribution in [3.63, 3.8) is 0 Å². The number of hydrogen-bond donors (Lipinski definition) is 2. The van der Waals surface area contributed by atoms with Gasteiger partial charge in [0.2, 0.25) is 0 Å². The van der Waals surface area contributed by atoms with E-state index in [2.05, 4.69) is 48.2 Å². The Balaban J connectivity index is 1.95. The second-order valence-corrected chi connectivity index (χ2v) is 8.69. The molecule has 1 heterocycles. The van der Waals surface area contributed by atoms with Crippen LogP contribution in [0, 0.1) is 5.41 Å². The van der Waals surface area contributed by atoms with Crippen LogP contribution in [-0.2, 0) is 6.54 Å². The Hall–Kier alpha value is -2.08. The smallest absolute Gasteiger partial charge is 0.251 e. The summed E-state index contributed by atoms with van der Waals surface area (Å²) in [4.78, 5) is 21.1. The number of rotatable bonds is 6. The van der Waals surface area contributed by atoms with Crippen molar-refractivity contribution >= 4 is 11.9 Å². The standard InChI is InChI=1S/C21H35N5O/c1-20(2)15-26(21(20,3)4)19(22-5)24-14-16-9-8-10-17(13-16)18(27)23-11-12-25(6)7/h8-10,13H,11-12,14-15H2,1-7H3,(H,22,24)(H,23,27). The SMILES string of the molecule is CN=C(NCc1cccc(C(=O)NCCN(C)C)c1)N1CC(C)(C)C1(C)C. The zero-order valence-electron chi connectivity index (χ0n) is 17.9. The van der Waals surface area contributed by atoms with Crippen molar-refractivity contribution in [1.29, 1.82) is 0 Å². The van der Waals surface area contributed by atoms with Crippen molar-refractivity contribution in [2.45, 2.75) is 39.8 Å². The van der Waals surface area contributed by atoms with Crippen LogP contribution in [0.15, 0.2) is 29.3 Å². The summed E-state index contributed by atoms with van der Waals surface area (Å²) in [5, 5.41) is 6.40. The summed E-state index contributed by atoms with van der Waals surface area (Å²) in [5.41, 5.74) is 2.07. The molecule has 0 radical (unpaired) electrons. The first-order valence-electron chi connectivity index (χ1n) is 9.58. The van der Waals surface area contributed by atoms with Gasteiger partial charge in [0.25, 0.3) is 5.91 Å². The van der Waals surface area contributed by atoms with Gasteiger partial charge in [0.15, 0.2) is 5.96 Å². The fourth-order valence-corrected chi connectivity index (χ4v) is 3.19. The third-order valence-corrected chi connectivity index (χ3v) is 5.84. The van der Waals surface area contributed by atoms with Crippen LogP contribution in [0.2, 0.25) is 0 Å². The van der Waals surface area contributed by atoms with Gasteiger partial charge in [-0.3, -0.25) is 9.79 Å². The van der Waals surface area contributed by atoms with E-state index in [-0.39, 0.29) is 16.9 Å². The topological polar surface area (TPSA) is 60.0 Å². The molecular formula is C21H35N5O. The van der Waals surface area contributed by atoms with Crippen molar-refractivity contribution in [1.82, 2.24) is 20.4 Å². The van der Waals surface area contributed by atoms with Gasteiger partial charge in [-0.15, -0.1) is 0 Å². The van der Waals surface area contributed by atoms with Crippen LogP contribution in [0.1, 0.15) is 43.6 Å². The molecule has 1 aromatic rings. The number of nitrogens with one attached hydrogen (secondary N) is 2. The second kappa shape index (κ2) is 8.30. The molecule has 6 nitrogen and oxygen atoms in total. The molecule has 0 atom stereocenters. The third-order valence-electron chi connectivity index (χ3n) is 5.84. The van der Waals surface area contributed by atoms with Crippen molar-refractivity contribution in [3.8, 4) is 0 Å². The number of hydrogen-bond acceptors (Lipinski definition) is 3. The summed E-state index contributed by atoms with van der Waals surface area (Å²) in [6.07, 6.45) is 0. The molecule has 0 bridgehead atoms. The summed E-state index contributed by atoms with van der Waals surface area (Å²) in [6.45, 7) is 12.2. The highest BCUT2D eigenvalue weighted by atomic mass is 16.1. The highest BCUT2D eigenvalue weighted by molar-refractivity contribution is 5.94. The number of benzene rings is 1. The Kier molecular flexibility index (Phi) is 6.52. The van der Waals surface area contributed by atoms with E-state index in [0.717, 1.165) is 24.6 Å². The number of likely N-dealkylation sites (tertiary alicyclic amines) is 1. The molecule has 27 heavy (non-hydrogen) atoms. The third kappa shape index (κ3) is 4.80. The number of aliphatic imine (C=N–C) groups is 1. The molecule has 2 rings (SSSR count). The van der Waals surface area contributed by atoms with Crippen molar-refractivity contribution in [2.24, 2.45) is 10.4 Å². The van der Waals surface area contributed by atoms with Gasteiger partial charge in [-0.05, 0) is 45.6 Å². The van der Waals surface area contributed by atoms with E-state index in [4.69, 9.17) is 0 Å². The number of likely N-dealkylation sites (N-methyl/N-ethyl adjacent to an activating group) is 1. The largest absolute Gasteiger partial charge is 0.352 e. The van der Waals surface area contributed by atoms with E-state index in [0.29, 0.717) is 18.7 Å². The first kappa shape index (κ1) is 21.2. The van der Waals surface area contributed by atoms with Crippen LogP contribution < -0.4 is 10.6 Å². The molecule has 1 aliphatic heterocycles. The molecule has 0 saturated carbocycles. The number of carbonyl (C=O) groups excluding carboxylic acids is 1. The second-order valence-electron chi connectivity index (χ2n) is 8.69. The minimum Gasteiger partial charge on any atom is -0.352 e. The van der Waals surface area contributed by atoms with E-state index in [9.17, 15) is 4.79 Å². The van der Waals surface area contributed by atoms with E-state index >= 15 is 0 Å². The molecule has 1 aliphatic rings. The maximum Gasteiger partial charge on any atom is 0.251 e. The maximum absolute atomic E-state index is 12.3. The molecule has 1 aromatic carbocycles. The zero-order chi connectivity index (χ0) is 20.2. The number of nitrogens with zero attached hydrogens (tertiary/aromatic N) is 3. The molecule has 0 aliphatic carbocycles. The molecule has 1 saturated heterocycles. The molecule has 0 aromatic heterocycles. The van der Waals surface area contributed by atoms with Gasteiger partial charge in [-0.25, -0.2) is 0 Å². The molecule has 1 fully saturated rings. The van der Waals surface area contributed by atoms with Crippen molar-refractivity contribution < 1.29 is 4.79 Å². The number of carbonyl (C=O) groups is 1. The Morgan fingerprint density at radius 1 is 1.22 bits per heavy atom. The van der Waals surface area contributed by atoms with Crippen LogP contribution in [-0.4, -0.2) is 68.0 Å². The van der Waals surface area contributed by atoms with Gasteiger partial charge in [0, 0.05) is 49.7 Å². The van der Waals surface area contributed by atoms with Crippen molar-refractivity contribution in [3.05, 3.63) is 35.4 Å². The molecular weight excluding hydrogens is 338 g/mol. The summed E-state index contributed by atoms with van der Waals surface area (Å²) < 4.78 is 0. The zero-order valence-corrected chi connectivity index (χ0v) is 17.9.